The number of carbonyl (C=O) groups excluding carboxylic acids is 2. The van der Waals surface area contributed by atoms with Gasteiger partial charge in [0, 0.05) is 19.3 Å². The van der Waals surface area contributed by atoms with Crippen molar-refractivity contribution < 1.29 is 23.0 Å². The molecule has 4 aliphatic carbocycles. The van der Waals surface area contributed by atoms with E-state index in [1.54, 1.807) is 6.92 Å². The molecule has 9 nitrogen and oxygen atoms in total. The summed E-state index contributed by atoms with van der Waals surface area (Å²) in [6.07, 6.45) is 5.15. The summed E-state index contributed by atoms with van der Waals surface area (Å²) >= 11 is 0. The first-order chi connectivity index (χ1) is 18.7. The van der Waals surface area contributed by atoms with Crippen LogP contribution in [0.15, 0.2) is 22.8 Å². The number of benzene rings is 1. The van der Waals surface area contributed by atoms with Gasteiger partial charge in [-0.3, -0.25) is 9.59 Å². The van der Waals surface area contributed by atoms with Gasteiger partial charge in [-0.2, -0.15) is 0 Å². The highest BCUT2D eigenvalue weighted by Gasteiger charge is 2.49. The number of amides is 2. The topological polar surface area (TPSA) is 126 Å². The number of imidazole rings is 1. The Balaban J connectivity index is 1.11. The maximum absolute atomic E-state index is 13.2. The van der Waals surface area contributed by atoms with Gasteiger partial charge in [0.15, 0.2) is 5.69 Å². The molecule has 0 spiro atoms. The van der Waals surface area contributed by atoms with Crippen molar-refractivity contribution in [2.45, 2.75) is 76.3 Å². The highest BCUT2D eigenvalue weighted by Crippen LogP contribution is 2.57. The molecule has 5 atom stereocenters. The summed E-state index contributed by atoms with van der Waals surface area (Å²) in [5.74, 6) is -0.588. The molecule has 11 heteroatoms. The second kappa shape index (κ2) is 9.09. The summed E-state index contributed by atoms with van der Waals surface area (Å²) in [6, 6.07) is 5.49. The molecule has 2 amide bonds. The van der Waals surface area contributed by atoms with E-state index in [1.807, 2.05) is 18.2 Å². The van der Waals surface area contributed by atoms with Crippen LogP contribution in [0.1, 0.15) is 91.0 Å². The van der Waals surface area contributed by atoms with Crippen LogP contribution >= 0.6 is 0 Å². The Morgan fingerprint density at radius 3 is 2.51 bits per heavy atom. The van der Waals surface area contributed by atoms with Gasteiger partial charge in [-0.05, 0) is 91.5 Å². The summed E-state index contributed by atoms with van der Waals surface area (Å²) in [4.78, 5) is 34.1. The largest absolute Gasteiger partial charge is 0.349 e. The predicted octanol–water partition coefficient (Wildman–Crippen LogP) is 4.77. The smallest absolute Gasteiger partial charge is 0.276 e. The molecule has 3 aromatic rings. The Morgan fingerprint density at radius 2 is 1.85 bits per heavy atom. The van der Waals surface area contributed by atoms with E-state index in [-0.39, 0.29) is 60.7 Å². The van der Waals surface area contributed by atoms with Crippen molar-refractivity contribution in [1.29, 1.82) is 0 Å². The number of aryl methyl sites for hydroxylation is 1. The standard InChI is InChI=1S/C28H32F2N6O3/c1-13-23(36-39-35-13)27(38)34-25(19-8-17-7-18(17)9-19)26-31-20-5-4-16(10-21(20)32-26)24(15-2-3-15)33-22(37)6-14-11-28(29,30)12-14/h4-5,10,14-15,17-19,24-25H,2-3,6-9,11-12H2,1H3,(H,31,32)(H,33,37)(H,34,38)/t17-,18+,19?,24-,25+/m1/s1. The van der Waals surface area contributed by atoms with Gasteiger partial charge >= 0.3 is 0 Å². The van der Waals surface area contributed by atoms with Crippen molar-refractivity contribution in [3.8, 4) is 0 Å². The lowest BCUT2D eigenvalue weighted by atomic mass is 9.79. The SMILES string of the molecule is Cc1nonc1C(=O)N[C@H](c1nc2ccc([C@H](NC(=O)CC3CC(F)(F)C3)C3CC3)cc2[nH]1)C1C[C@@H]2C[C@@H]2C1. The summed E-state index contributed by atoms with van der Waals surface area (Å²) in [7, 11) is 0. The molecule has 4 aliphatic rings. The van der Waals surface area contributed by atoms with Crippen LogP contribution in [0.3, 0.4) is 0 Å². The van der Waals surface area contributed by atoms with Gasteiger partial charge in [-0.1, -0.05) is 11.2 Å². The molecule has 0 radical (unpaired) electrons. The van der Waals surface area contributed by atoms with Crippen LogP contribution in [0, 0.1) is 36.5 Å². The Morgan fingerprint density at radius 1 is 1.08 bits per heavy atom. The minimum Gasteiger partial charge on any atom is -0.349 e. The number of nitrogens with zero attached hydrogens (tertiary/aromatic N) is 3. The minimum atomic E-state index is -2.62. The van der Waals surface area contributed by atoms with Crippen molar-refractivity contribution >= 4 is 22.8 Å². The number of carbonyl (C=O) groups is 2. The van der Waals surface area contributed by atoms with Crippen molar-refractivity contribution in [1.82, 2.24) is 30.9 Å². The molecule has 3 N–H and O–H groups in total. The summed E-state index contributed by atoms with van der Waals surface area (Å²) in [6.45, 7) is 1.68. The quantitative estimate of drug-likeness (QED) is 0.360. The first-order valence-corrected chi connectivity index (χ1v) is 14.0. The van der Waals surface area contributed by atoms with E-state index in [1.165, 1.54) is 6.42 Å². The molecule has 0 bridgehead atoms. The number of H-pyrrole nitrogens is 1. The summed E-state index contributed by atoms with van der Waals surface area (Å²) in [5, 5.41) is 13.8. The van der Waals surface area contributed by atoms with Crippen molar-refractivity contribution in [2.75, 3.05) is 0 Å². The third kappa shape index (κ3) is 4.91. The molecule has 1 unspecified atom stereocenters. The van der Waals surface area contributed by atoms with Gasteiger partial charge in [0.1, 0.15) is 11.5 Å². The molecule has 2 heterocycles. The zero-order chi connectivity index (χ0) is 26.9. The van der Waals surface area contributed by atoms with E-state index in [0.717, 1.165) is 54.1 Å². The van der Waals surface area contributed by atoms with Crippen LogP contribution in [0.4, 0.5) is 8.78 Å². The van der Waals surface area contributed by atoms with Crippen LogP contribution in [-0.4, -0.2) is 38.0 Å². The van der Waals surface area contributed by atoms with Gasteiger partial charge in [-0.15, -0.1) is 0 Å². The number of aromatic nitrogens is 4. The highest BCUT2D eigenvalue weighted by atomic mass is 19.3. The molecule has 0 saturated heterocycles. The number of halogens is 2. The fraction of sp³-hybridized carbons (Fsp3) is 0.607. The molecule has 206 valence electrons. The highest BCUT2D eigenvalue weighted by molar-refractivity contribution is 5.93. The average molecular weight is 539 g/mol. The molecule has 0 aliphatic heterocycles. The Kier molecular flexibility index (Phi) is 5.75. The average Bonchev–Trinajstić information content (AvgIpc) is 3.71. The van der Waals surface area contributed by atoms with Crippen molar-refractivity contribution in [2.24, 2.45) is 29.6 Å². The van der Waals surface area contributed by atoms with Gasteiger partial charge in [-0.25, -0.2) is 18.4 Å². The Hall–Kier alpha value is -3.37. The molecule has 2 aromatic heterocycles. The third-order valence-corrected chi connectivity index (χ3v) is 9.14. The van der Waals surface area contributed by atoms with Crippen molar-refractivity contribution in [3.63, 3.8) is 0 Å². The fourth-order valence-corrected chi connectivity index (χ4v) is 6.80. The van der Waals surface area contributed by atoms with Gasteiger partial charge < -0.3 is 15.6 Å². The first-order valence-electron chi connectivity index (χ1n) is 14.0. The van der Waals surface area contributed by atoms with Crippen LogP contribution in [-0.2, 0) is 4.79 Å². The summed E-state index contributed by atoms with van der Waals surface area (Å²) < 4.78 is 31.2. The zero-order valence-electron chi connectivity index (χ0n) is 21.8. The Labute approximate surface area is 223 Å². The zero-order valence-corrected chi connectivity index (χ0v) is 21.8. The van der Waals surface area contributed by atoms with Gasteiger partial charge in [0.2, 0.25) is 11.8 Å². The number of fused-ring (bicyclic) bond motifs is 2. The first kappa shape index (κ1) is 24.7. The van der Waals surface area contributed by atoms with Crippen LogP contribution < -0.4 is 10.6 Å². The molecule has 1 aromatic carbocycles. The van der Waals surface area contributed by atoms with Crippen LogP contribution in [0.5, 0.6) is 0 Å². The lowest BCUT2D eigenvalue weighted by Gasteiger charge is -2.34. The number of rotatable bonds is 9. The van der Waals surface area contributed by atoms with Gasteiger partial charge in [0.05, 0.1) is 23.1 Å². The predicted molar refractivity (Wildman–Crippen MR) is 136 cm³/mol. The molecule has 7 rings (SSSR count). The second-order valence-corrected chi connectivity index (χ2v) is 12.3. The fourth-order valence-electron chi connectivity index (χ4n) is 6.80. The molecule has 39 heavy (non-hydrogen) atoms. The maximum atomic E-state index is 13.2. The van der Waals surface area contributed by atoms with E-state index >= 15 is 0 Å². The summed E-state index contributed by atoms with van der Waals surface area (Å²) in [5.41, 5.74) is 3.21. The van der Waals surface area contributed by atoms with Gasteiger partial charge in [0.25, 0.3) is 5.91 Å². The molecule has 4 saturated carbocycles. The normalized spacial score (nSPS) is 27.0. The van der Waals surface area contributed by atoms with Crippen LogP contribution in [0.2, 0.25) is 0 Å². The van der Waals surface area contributed by atoms with E-state index in [2.05, 4.69) is 25.9 Å². The number of alkyl halides is 2. The monoisotopic (exact) mass is 538 g/mol. The van der Waals surface area contributed by atoms with E-state index < -0.39 is 5.92 Å². The molecule has 4 fully saturated rings. The molecular weight excluding hydrogens is 506 g/mol. The molecular formula is C28H32F2N6O3. The number of nitrogens with one attached hydrogen (secondary N) is 3. The van der Waals surface area contributed by atoms with Crippen molar-refractivity contribution in [3.05, 3.63) is 41.0 Å². The number of hydrogen-bond donors (Lipinski definition) is 3. The van der Waals surface area contributed by atoms with E-state index in [0.29, 0.717) is 17.4 Å². The minimum absolute atomic E-state index is 0.139. The van der Waals surface area contributed by atoms with E-state index in [9.17, 15) is 18.4 Å². The Bertz CT molecular complexity index is 1410. The van der Waals surface area contributed by atoms with Crippen LogP contribution in [0.25, 0.3) is 11.0 Å². The maximum Gasteiger partial charge on any atom is 0.276 e. The lowest BCUT2D eigenvalue weighted by molar-refractivity contribution is -0.134. The second-order valence-electron chi connectivity index (χ2n) is 12.3. The lowest BCUT2D eigenvalue weighted by Crippen LogP contribution is -2.39. The number of aromatic amines is 1. The number of hydrogen-bond acceptors (Lipinski definition) is 6. The third-order valence-electron chi connectivity index (χ3n) is 9.14. The van der Waals surface area contributed by atoms with E-state index in [4.69, 9.17) is 9.61 Å².